The van der Waals surface area contributed by atoms with Crippen molar-refractivity contribution in [2.45, 2.75) is 12.6 Å². The van der Waals surface area contributed by atoms with Crippen LogP contribution in [-0.2, 0) is 18.3 Å². The average Bonchev–Trinajstić information content (AvgIpc) is 3.35. The summed E-state index contributed by atoms with van der Waals surface area (Å²) in [6.45, 7) is 0.461. The molecule has 0 aliphatic heterocycles. The predicted octanol–water partition coefficient (Wildman–Crippen LogP) is 3.66. The number of rotatable bonds is 4. The number of aromatic nitrogens is 3. The van der Waals surface area contributed by atoms with Crippen LogP contribution < -0.4 is 5.32 Å². The summed E-state index contributed by atoms with van der Waals surface area (Å²) in [5.41, 5.74) is 3.99. The number of alkyl halides is 3. The van der Waals surface area contributed by atoms with E-state index in [2.05, 4.69) is 10.3 Å². The van der Waals surface area contributed by atoms with Gasteiger partial charge in [0.05, 0.1) is 16.6 Å². The van der Waals surface area contributed by atoms with Crippen molar-refractivity contribution in [3.8, 4) is 0 Å². The highest BCUT2D eigenvalue weighted by atomic mass is 19.4. The first-order valence-electron chi connectivity index (χ1n) is 10.7. The van der Waals surface area contributed by atoms with Gasteiger partial charge in [-0.15, -0.1) is 0 Å². The number of halogens is 3. The van der Waals surface area contributed by atoms with Crippen molar-refractivity contribution < 1.29 is 32.7 Å². The molecule has 0 fully saturated rings. The minimum Gasteiger partial charge on any atom is -0.475 e. The number of para-hydroxylation sites is 1. The Balaban J connectivity index is 0.000000454. The highest BCUT2D eigenvalue weighted by molar-refractivity contribution is 6.14. The molecule has 0 saturated heterocycles. The molecule has 0 saturated carbocycles. The van der Waals surface area contributed by atoms with Crippen LogP contribution in [0.3, 0.4) is 0 Å². The van der Waals surface area contributed by atoms with Gasteiger partial charge in [-0.3, -0.25) is 14.3 Å². The third-order valence-electron chi connectivity index (χ3n) is 5.33. The monoisotopic (exact) mass is 503 g/mol. The van der Waals surface area contributed by atoms with E-state index in [1.165, 1.54) is 9.47 Å². The second-order valence-electron chi connectivity index (χ2n) is 8.02. The molecule has 0 atom stereocenters. The normalized spacial score (nSPS) is 11.2. The van der Waals surface area contributed by atoms with Crippen LogP contribution in [0.2, 0.25) is 0 Å². The molecule has 9 nitrogen and oxygen atoms in total. The Labute approximate surface area is 203 Å². The quantitative estimate of drug-likeness (QED) is 0.442. The summed E-state index contributed by atoms with van der Waals surface area (Å²) in [4.78, 5) is 40.4. The molecule has 2 amide bonds. The molecular weight excluding hydrogens is 479 g/mol. The number of fused-ring (bicyclic) bond motifs is 3. The van der Waals surface area contributed by atoms with Crippen molar-refractivity contribution in [3.05, 3.63) is 66.1 Å². The minimum absolute atomic E-state index is 0.256. The van der Waals surface area contributed by atoms with Gasteiger partial charge in [-0.1, -0.05) is 24.3 Å². The first-order chi connectivity index (χ1) is 16.9. The van der Waals surface area contributed by atoms with Crippen LogP contribution in [0.25, 0.3) is 21.9 Å². The standard InChI is InChI=1S/C22H23N5O2.C2HF3O2/c1-25(2)22(29)27-19(21(28)24-12-10-15-7-6-11-23-14-15)13-18-20(27)16-8-4-5-9-17(16)26(18)3;3-2(4,5)1(6)7/h4-9,11,13-14H,10,12H2,1-3H3,(H,24,28);(H,6,7). The van der Waals surface area contributed by atoms with Crippen molar-refractivity contribution in [3.63, 3.8) is 0 Å². The van der Waals surface area contributed by atoms with E-state index in [0.29, 0.717) is 18.7 Å². The third-order valence-corrected chi connectivity index (χ3v) is 5.33. The number of aliphatic carboxylic acids is 1. The lowest BCUT2D eigenvalue weighted by molar-refractivity contribution is -0.192. The van der Waals surface area contributed by atoms with Crippen molar-refractivity contribution >= 4 is 39.8 Å². The molecule has 0 bridgehead atoms. The SMILES string of the molecule is CN(C)C(=O)n1c(C(=O)NCCc2cccnc2)cc2c1c1ccccc1n2C.O=C(O)C(F)(F)F. The van der Waals surface area contributed by atoms with Gasteiger partial charge in [0, 0.05) is 45.5 Å². The molecular formula is C24H24F3N5O4. The maximum Gasteiger partial charge on any atom is 0.490 e. The molecule has 0 radical (unpaired) electrons. The number of pyridine rings is 1. The summed E-state index contributed by atoms with van der Waals surface area (Å²) < 4.78 is 35.3. The summed E-state index contributed by atoms with van der Waals surface area (Å²) in [5, 5.41) is 11.0. The first-order valence-corrected chi connectivity index (χ1v) is 10.7. The zero-order valence-corrected chi connectivity index (χ0v) is 19.7. The lowest BCUT2D eigenvalue weighted by atomic mass is 10.2. The lowest BCUT2D eigenvalue weighted by Crippen LogP contribution is -2.33. The van der Waals surface area contributed by atoms with Crippen LogP contribution >= 0.6 is 0 Å². The second-order valence-corrected chi connectivity index (χ2v) is 8.02. The van der Waals surface area contributed by atoms with Crippen molar-refractivity contribution in [2.75, 3.05) is 20.6 Å². The number of nitrogens with one attached hydrogen (secondary N) is 1. The fraction of sp³-hybridized carbons (Fsp3) is 0.250. The van der Waals surface area contributed by atoms with Crippen molar-refractivity contribution in [1.29, 1.82) is 0 Å². The topological polar surface area (TPSA) is 109 Å². The second kappa shape index (κ2) is 10.5. The van der Waals surface area contributed by atoms with E-state index in [1.54, 1.807) is 32.6 Å². The zero-order valence-electron chi connectivity index (χ0n) is 19.7. The van der Waals surface area contributed by atoms with Gasteiger partial charge in [-0.05, 0) is 30.2 Å². The molecule has 36 heavy (non-hydrogen) atoms. The molecule has 190 valence electrons. The number of benzene rings is 1. The maximum atomic E-state index is 13.0. The fourth-order valence-corrected chi connectivity index (χ4v) is 3.63. The molecule has 4 aromatic rings. The Morgan fingerprint density at radius 3 is 2.33 bits per heavy atom. The molecule has 3 heterocycles. The Morgan fingerprint density at radius 1 is 1.08 bits per heavy atom. The third kappa shape index (κ3) is 5.48. The fourth-order valence-electron chi connectivity index (χ4n) is 3.63. The number of nitrogens with zero attached hydrogens (tertiary/aromatic N) is 4. The highest BCUT2D eigenvalue weighted by Gasteiger charge is 2.38. The summed E-state index contributed by atoms with van der Waals surface area (Å²) in [5.74, 6) is -3.03. The van der Waals surface area contributed by atoms with Gasteiger partial charge in [0.2, 0.25) is 0 Å². The number of carbonyl (C=O) groups is 3. The number of carbonyl (C=O) groups excluding carboxylic acids is 2. The van der Waals surface area contributed by atoms with Gasteiger partial charge < -0.3 is 19.9 Å². The van der Waals surface area contributed by atoms with E-state index in [9.17, 15) is 22.8 Å². The van der Waals surface area contributed by atoms with Crippen molar-refractivity contribution in [2.24, 2.45) is 7.05 Å². The van der Waals surface area contributed by atoms with E-state index in [4.69, 9.17) is 9.90 Å². The van der Waals surface area contributed by atoms with E-state index >= 15 is 0 Å². The van der Waals surface area contributed by atoms with E-state index in [1.807, 2.05) is 48.0 Å². The molecule has 0 spiro atoms. The average molecular weight is 503 g/mol. The predicted molar refractivity (Wildman–Crippen MR) is 127 cm³/mol. The van der Waals surface area contributed by atoms with Crippen LogP contribution in [0, 0.1) is 0 Å². The summed E-state index contributed by atoms with van der Waals surface area (Å²) in [6.07, 6.45) is -0.910. The Bertz CT molecular complexity index is 1410. The lowest BCUT2D eigenvalue weighted by Gasteiger charge is -2.15. The number of aryl methyl sites for hydroxylation is 1. The number of carboxylic acid groups (broad SMARTS) is 1. The van der Waals surface area contributed by atoms with E-state index in [-0.39, 0.29) is 11.9 Å². The zero-order chi connectivity index (χ0) is 26.6. The smallest absolute Gasteiger partial charge is 0.475 e. The summed E-state index contributed by atoms with van der Waals surface area (Å²) >= 11 is 0. The number of amides is 2. The van der Waals surface area contributed by atoms with Crippen molar-refractivity contribution in [1.82, 2.24) is 24.3 Å². The molecule has 2 N–H and O–H groups in total. The molecule has 1 aromatic carbocycles. The first kappa shape index (κ1) is 26.3. The largest absolute Gasteiger partial charge is 0.490 e. The number of hydrogen-bond acceptors (Lipinski definition) is 4. The summed E-state index contributed by atoms with van der Waals surface area (Å²) in [7, 11) is 5.31. The van der Waals surface area contributed by atoms with Crippen LogP contribution in [0.15, 0.2) is 54.9 Å². The van der Waals surface area contributed by atoms with E-state index < -0.39 is 12.1 Å². The summed E-state index contributed by atoms with van der Waals surface area (Å²) in [6, 6.07) is 13.3. The Kier molecular flexibility index (Phi) is 7.66. The molecule has 0 aliphatic rings. The van der Waals surface area contributed by atoms with Gasteiger partial charge in [0.25, 0.3) is 5.91 Å². The Hall–Kier alpha value is -4.35. The molecule has 0 unspecified atom stereocenters. The molecule has 12 heteroatoms. The van der Waals surface area contributed by atoms with Gasteiger partial charge in [0.15, 0.2) is 0 Å². The van der Waals surface area contributed by atoms with Gasteiger partial charge in [-0.25, -0.2) is 9.59 Å². The van der Waals surface area contributed by atoms with E-state index in [0.717, 1.165) is 27.5 Å². The highest BCUT2D eigenvalue weighted by Crippen LogP contribution is 2.31. The van der Waals surface area contributed by atoms with Crippen LogP contribution in [0.5, 0.6) is 0 Å². The van der Waals surface area contributed by atoms with Gasteiger partial charge >= 0.3 is 18.2 Å². The van der Waals surface area contributed by atoms with Crippen LogP contribution in [-0.4, -0.2) is 68.8 Å². The number of hydrogen-bond donors (Lipinski definition) is 2. The number of carboxylic acids is 1. The molecule has 3 aromatic heterocycles. The Morgan fingerprint density at radius 2 is 1.75 bits per heavy atom. The molecule has 4 rings (SSSR count). The molecule has 0 aliphatic carbocycles. The maximum absolute atomic E-state index is 13.0. The van der Waals surface area contributed by atoms with Gasteiger partial charge in [-0.2, -0.15) is 13.2 Å². The van der Waals surface area contributed by atoms with Crippen LogP contribution in [0.1, 0.15) is 16.1 Å². The van der Waals surface area contributed by atoms with Crippen LogP contribution in [0.4, 0.5) is 18.0 Å². The minimum atomic E-state index is -5.08. The van der Waals surface area contributed by atoms with Gasteiger partial charge in [0.1, 0.15) is 5.69 Å².